The molecular weight excluding hydrogens is 652 g/mol. The molecule has 5 heteroatoms. The van der Waals surface area contributed by atoms with E-state index in [1.165, 1.54) is 212 Å². The van der Waals surface area contributed by atoms with Crippen LogP contribution >= 0.6 is 0 Å². The van der Waals surface area contributed by atoms with Gasteiger partial charge in [0.2, 0.25) is 0 Å². The van der Waals surface area contributed by atoms with Crippen LogP contribution in [0.25, 0.3) is 0 Å². The fourth-order valence-electron chi connectivity index (χ4n) is 5.86. The van der Waals surface area contributed by atoms with E-state index in [1.807, 2.05) is 0 Å². The molecule has 0 saturated heterocycles. The molecule has 0 aliphatic heterocycles. The molecule has 0 saturated carbocycles. The monoisotopic (exact) mass is 751 g/mol. The van der Waals surface area contributed by atoms with Gasteiger partial charge in [-0.1, -0.05) is 233 Å². The average Bonchev–Trinajstić information content (AvgIpc) is 3.09. The van der Waals surface area contributed by atoms with E-state index in [0.29, 0.717) is 19.8 Å². The van der Waals surface area contributed by atoms with Crippen molar-refractivity contribution in [2.24, 2.45) is 0 Å². The molecule has 4 N–H and O–H groups in total. The maximum atomic E-state index is 8.61. The standard InChI is InChI=1S/3C14H30O.C3H8O.Ti/c3*1-2-3-4-5-6-7-8-9-10-11-12-13-14-15;1-3(2)4;/h3*15H,2-14H2,1H3;3-4H,1-2H3;. The number of hydrogen-bond donors (Lipinski definition) is 4. The Morgan fingerprint density at radius 3 is 0.460 bits per heavy atom. The van der Waals surface area contributed by atoms with E-state index >= 15 is 0 Å². The zero-order chi connectivity index (χ0) is 37.2. The van der Waals surface area contributed by atoms with Gasteiger partial charge >= 0.3 is 0 Å². The summed E-state index contributed by atoms with van der Waals surface area (Å²) in [6.45, 7) is 11.4. The fourth-order valence-corrected chi connectivity index (χ4v) is 5.86. The third-order valence-corrected chi connectivity index (χ3v) is 9.04. The Morgan fingerprint density at radius 1 is 0.260 bits per heavy atom. The van der Waals surface area contributed by atoms with Crippen molar-refractivity contribution in [3.8, 4) is 0 Å². The van der Waals surface area contributed by atoms with Crippen molar-refractivity contribution in [2.75, 3.05) is 19.8 Å². The minimum atomic E-state index is -0.167. The Bertz CT molecular complexity index is 377. The van der Waals surface area contributed by atoms with Gasteiger partial charge in [-0.05, 0) is 33.1 Å². The minimum Gasteiger partial charge on any atom is -0.396 e. The molecule has 4 nitrogen and oxygen atoms in total. The maximum absolute atomic E-state index is 8.61. The second kappa shape index (κ2) is 64.5. The molecule has 0 heterocycles. The van der Waals surface area contributed by atoms with Crippen LogP contribution in [-0.2, 0) is 21.7 Å². The van der Waals surface area contributed by atoms with Crippen LogP contribution in [0.5, 0.6) is 0 Å². The molecule has 0 spiro atoms. The van der Waals surface area contributed by atoms with Crippen molar-refractivity contribution < 1.29 is 42.1 Å². The van der Waals surface area contributed by atoms with Crippen LogP contribution in [0.4, 0.5) is 0 Å². The fraction of sp³-hybridized carbons (Fsp3) is 1.00. The summed E-state index contributed by atoms with van der Waals surface area (Å²) in [6.07, 6.45) is 48.6. The third-order valence-electron chi connectivity index (χ3n) is 9.04. The first-order chi connectivity index (χ1) is 24.0. The second-order valence-electron chi connectivity index (χ2n) is 14.9. The number of unbranched alkanes of at least 4 members (excludes halogenated alkanes) is 33. The van der Waals surface area contributed by atoms with Crippen LogP contribution in [0.15, 0.2) is 0 Å². The van der Waals surface area contributed by atoms with Gasteiger partial charge in [0.05, 0.1) is 0 Å². The van der Waals surface area contributed by atoms with Crippen LogP contribution in [-0.4, -0.2) is 46.4 Å². The first-order valence-electron chi connectivity index (χ1n) is 22.5. The SMILES string of the molecule is CC(C)O.CCCCCCCCCCCCCCO.CCCCCCCCCCCCCCO.CCCCCCCCCCCCCCO.[Ti]. The molecule has 0 aromatic carbocycles. The molecule has 0 rings (SSSR count). The van der Waals surface area contributed by atoms with E-state index in [-0.39, 0.29) is 27.8 Å². The molecule has 0 bridgehead atoms. The Kier molecular flexibility index (Phi) is 77.2. The van der Waals surface area contributed by atoms with Crippen molar-refractivity contribution in [1.29, 1.82) is 0 Å². The minimum absolute atomic E-state index is 0. The van der Waals surface area contributed by atoms with Crippen LogP contribution in [0.1, 0.15) is 266 Å². The molecule has 50 heavy (non-hydrogen) atoms. The predicted molar refractivity (Wildman–Crippen MR) is 222 cm³/mol. The van der Waals surface area contributed by atoms with Gasteiger partial charge in [0, 0.05) is 47.6 Å². The van der Waals surface area contributed by atoms with Crippen LogP contribution in [0, 0.1) is 0 Å². The Labute approximate surface area is 332 Å². The van der Waals surface area contributed by atoms with E-state index in [1.54, 1.807) is 13.8 Å². The topological polar surface area (TPSA) is 80.9 Å². The van der Waals surface area contributed by atoms with Gasteiger partial charge in [-0.25, -0.2) is 0 Å². The second-order valence-corrected chi connectivity index (χ2v) is 14.9. The first kappa shape index (κ1) is 59.8. The molecule has 306 valence electrons. The number of rotatable bonds is 36. The van der Waals surface area contributed by atoms with E-state index in [9.17, 15) is 0 Å². The summed E-state index contributed by atoms with van der Waals surface area (Å²) >= 11 is 0. The van der Waals surface area contributed by atoms with Gasteiger partial charge in [-0.2, -0.15) is 0 Å². The van der Waals surface area contributed by atoms with Gasteiger partial charge in [0.15, 0.2) is 0 Å². The van der Waals surface area contributed by atoms with E-state index < -0.39 is 0 Å². The maximum Gasteiger partial charge on any atom is 0.0483 e. The Morgan fingerprint density at radius 2 is 0.360 bits per heavy atom. The summed E-state index contributed by atoms with van der Waals surface area (Å²) in [4.78, 5) is 0. The number of hydrogen-bond acceptors (Lipinski definition) is 4. The van der Waals surface area contributed by atoms with Crippen LogP contribution < -0.4 is 0 Å². The molecule has 0 aliphatic rings. The molecule has 0 aromatic rings. The summed E-state index contributed by atoms with van der Waals surface area (Å²) in [5.41, 5.74) is 0. The van der Waals surface area contributed by atoms with Gasteiger partial charge in [-0.15, -0.1) is 0 Å². The van der Waals surface area contributed by atoms with Gasteiger partial charge in [-0.3, -0.25) is 0 Å². The smallest absolute Gasteiger partial charge is 0.0483 e. The van der Waals surface area contributed by atoms with Crippen molar-refractivity contribution in [3.05, 3.63) is 0 Å². The first-order valence-corrected chi connectivity index (χ1v) is 22.5. The molecule has 0 aliphatic carbocycles. The zero-order valence-electron chi connectivity index (χ0n) is 35.4. The Hall–Kier alpha value is 0.554. The molecule has 0 fully saturated rings. The molecule has 0 amide bonds. The summed E-state index contributed by atoms with van der Waals surface area (Å²) in [5.74, 6) is 0. The molecule has 0 atom stereocenters. The van der Waals surface area contributed by atoms with E-state index in [0.717, 1.165) is 19.3 Å². The van der Waals surface area contributed by atoms with E-state index in [2.05, 4.69) is 20.8 Å². The zero-order valence-corrected chi connectivity index (χ0v) is 37.0. The van der Waals surface area contributed by atoms with Crippen molar-refractivity contribution >= 4 is 0 Å². The summed E-state index contributed by atoms with van der Waals surface area (Å²) in [6, 6.07) is 0. The quantitative estimate of drug-likeness (QED) is 0.0380. The summed E-state index contributed by atoms with van der Waals surface area (Å²) in [7, 11) is 0. The third kappa shape index (κ3) is 82.2. The predicted octanol–water partition coefficient (Wildman–Crippen LogP) is 14.4. The van der Waals surface area contributed by atoms with Crippen LogP contribution in [0.3, 0.4) is 0 Å². The van der Waals surface area contributed by atoms with Gasteiger partial charge < -0.3 is 20.4 Å². The van der Waals surface area contributed by atoms with Crippen molar-refractivity contribution in [2.45, 2.75) is 272 Å². The molecule has 0 unspecified atom stereocenters. The average molecular weight is 751 g/mol. The van der Waals surface area contributed by atoms with Crippen LogP contribution in [0.2, 0.25) is 0 Å². The molecular formula is C45H98O4Ti. The van der Waals surface area contributed by atoms with Gasteiger partial charge in [0.1, 0.15) is 0 Å². The van der Waals surface area contributed by atoms with E-state index in [4.69, 9.17) is 20.4 Å². The van der Waals surface area contributed by atoms with Gasteiger partial charge in [0.25, 0.3) is 0 Å². The Balaban J connectivity index is -0.000000190. The normalized spacial score (nSPS) is 10.4. The largest absolute Gasteiger partial charge is 0.396 e. The van der Waals surface area contributed by atoms with Crippen molar-refractivity contribution in [1.82, 2.24) is 0 Å². The number of aliphatic hydroxyl groups is 4. The molecule has 0 radical (unpaired) electrons. The summed E-state index contributed by atoms with van der Waals surface area (Å²) < 4.78 is 0. The van der Waals surface area contributed by atoms with Crippen molar-refractivity contribution in [3.63, 3.8) is 0 Å². The number of aliphatic hydroxyl groups excluding tert-OH is 4. The molecule has 0 aromatic heterocycles. The summed E-state index contributed by atoms with van der Waals surface area (Å²) in [5, 5.41) is 33.9.